The van der Waals surface area contributed by atoms with Crippen LogP contribution in [0.2, 0.25) is 0 Å². The molecule has 9 heteroatoms. The molecule has 0 saturated carbocycles. The van der Waals surface area contributed by atoms with Crippen molar-refractivity contribution in [2.24, 2.45) is 0 Å². The van der Waals surface area contributed by atoms with E-state index in [1.54, 1.807) is 11.0 Å². The van der Waals surface area contributed by atoms with Gasteiger partial charge in [0, 0.05) is 44.0 Å². The average Bonchev–Trinajstić information content (AvgIpc) is 3.15. The van der Waals surface area contributed by atoms with Gasteiger partial charge in [-0.1, -0.05) is 12.1 Å². The Hall–Kier alpha value is -3.36. The van der Waals surface area contributed by atoms with E-state index in [-0.39, 0.29) is 30.7 Å². The lowest BCUT2D eigenvalue weighted by molar-refractivity contribution is -0.137. The summed E-state index contributed by atoms with van der Waals surface area (Å²) in [7, 11) is 0. The number of amides is 2. The molecule has 0 bridgehead atoms. The molecule has 1 aromatic heterocycles. The lowest BCUT2D eigenvalue weighted by Gasteiger charge is -2.15. The molecule has 1 aliphatic rings. The number of carbonyl (C=O) groups excluding carboxylic acids is 2. The fraction of sp³-hybridized carbons (Fsp3) is 0.286. The van der Waals surface area contributed by atoms with Crippen molar-refractivity contribution in [2.75, 3.05) is 29.9 Å². The summed E-state index contributed by atoms with van der Waals surface area (Å²) in [6.07, 6.45) is 1.16. The fourth-order valence-electron chi connectivity index (χ4n) is 3.06. The molecular formula is C21H21F3N4O2. The molecule has 2 heterocycles. The van der Waals surface area contributed by atoms with Gasteiger partial charge in [-0.15, -0.1) is 0 Å². The number of carbonyl (C=O) groups is 2. The van der Waals surface area contributed by atoms with Crippen molar-refractivity contribution in [3.8, 4) is 0 Å². The van der Waals surface area contributed by atoms with Crippen molar-refractivity contribution in [1.82, 2.24) is 10.3 Å². The fourth-order valence-corrected chi connectivity index (χ4v) is 3.06. The van der Waals surface area contributed by atoms with Crippen LogP contribution in [-0.2, 0) is 15.8 Å². The molecule has 0 atom stereocenters. The molecule has 0 aliphatic carbocycles. The van der Waals surface area contributed by atoms with Gasteiger partial charge in [-0.3, -0.25) is 9.59 Å². The molecule has 2 aromatic rings. The van der Waals surface area contributed by atoms with E-state index in [4.69, 9.17) is 0 Å². The zero-order valence-corrected chi connectivity index (χ0v) is 16.1. The Morgan fingerprint density at radius 2 is 1.93 bits per heavy atom. The third-order valence-electron chi connectivity index (χ3n) is 4.54. The first-order valence-electron chi connectivity index (χ1n) is 9.47. The van der Waals surface area contributed by atoms with Gasteiger partial charge < -0.3 is 15.5 Å². The van der Waals surface area contributed by atoms with Crippen molar-refractivity contribution in [2.45, 2.75) is 19.0 Å². The number of halogens is 3. The molecular weight excluding hydrogens is 397 g/mol. The highest BCUT2D eigenvalue weighted by atomic mass is 19.4. The Bertz CT molecular complexity index is 927. The van der Waals surface area contributed by atoms with Crippen LogP contribution in [0, 0.1) is 0 Å². The number of aromatic nitrogens is 1. The molecule has 0 unspecified atom stereocenters. The number of nitrogens with one attached hydrogen (secondary N) is 2. The van der Waals surface area contributed by atoms with Gasteiger partial charge in [-0.25, -0.2) is 4.98 Å². The number of hydrogen-bond acceptors (Lipinski definition) is 4. The molecule has 0 radical (unpaired) electrons. The lowest BCUT2D eigenvalue weighted by atomic mass is 10.2. The van der Waals surface area contributed by atoms with Crippen LogP contribution in [-0.4, -0.2) is 36.4 Å². The third-order valence-corrected chi connectivity index (χ3v) is 4.54. The molecule has 0 spiro atoms. The largest absolute Gasteiger partial charge is 0.419 e. The highest BCUT2D eigenvalue weighted by molar-refractivity contribution is 5.95. The van der Waals surface area contributed by atoms with Crippen molar-refractivity contribution in [1.29, 1.82) is 0 Å². The average molecular weight is 418 g/mol. The number of anilines is 2. The summed E-state index contributed by atoms with van der Waals surface area (Å²) in [5.74, 6) is -0.529. The lowest BCUT2D eigenvalue weighted by Crippen LogP contribution is -2.27. The van der Waals surface area contributed by atoms with Crippen molar-refractivity contribution in [3.05, 3.63) is 59.8 Å². The van der Waals surface area contributed by atoms with Crippen LogP contribution in [0.25, 0.3) is 6.08 Å². The summed E-state index contributed by atoms with van der Waals surface area (Å²) in [6.45, 7) is 0.943. The predicted molar refractivity (Wildman–Crippen MR) is 108 cm³/mol. The minimum Gasteiger partial charge on any atom is -0.368 e. The molecule has 1 saturated heterocycles. The predicted octanol–water partition coefficient (Wildman–Crippen LogP) is 3.47. The molecule has 1 aromatic carbocycles. The van der Waals surface area contributed by atoms with E-state index in [2.05, 4.69) is 15.6 Å². The molecule has 1 aliphatic heterocycles. The number of pyridine rings is 1. The number of rotatable bonds is 7. The summed E-state index contributed by atoms with van der Waals surface area (Å²) >= 11 is 0. The Balaban J connectivity index is 1.45. The third kappa shape index (κ3) is 5.59. The second-order valence-corrected chi connectivity index (χ2v) is 6.69. The summed E-state index contributed by atoms with van der Waals surface area (Å²) in [5.41, 5.74) is 0.773. The van der Waals surface area contributed by atoms with Gasteiger partial charge in [0.15, 0.2) is 0 Å². The molecule has 2 amide bonds. The van der Waals surface area contributed by atoms with Crippen LogP contribution in [0.15, 0.2) is 48.7 Å². The molecule has 30 heavy (non-hydrogen) atoms. The zero-order chi connectivity index (χ0) is 21.6. The van der Waals surface area contributed by atoms with Gasteiger partial charge in [0.25, 0.3) is 0 Å². The van der Waals surface area contributed by atoms with Gasteiger partial charge >= 0.3 is 6.18 Å². The normalized spacial score (nSPS) is 14.4. The second kappa shape index (κ2) is 9.43. The standard InChI is InChI=1S/C21H21F3N4O2/c22-21(23,24)17-3-1-11-26-20(17)27-13-12-25-18(29)10-7-15-5-8-16(9-6-15)28-14-2-4-19(28)30/h1,3,5-11H,2,4,12-14H2,(H,25,29)(H,26,27)/b10-7+. The van der Waals surface area contributed by atoms with Gasteiger partial charge in [-0.05, 0) is 42.3 Å². The summed E-state index contributed by atoms with van der Waals surface area (Å²) in [5, 5.41) is 5.18. The Kier molecular flexibility index (Phi) is 6.71. The maximum Gasteiger partial charge on any atom is 0.419 e. The van der Waals surface area contributed by atoms with Crippen LogP contribution >= 0.6 is 0 Å². The maximum atomic E-state index is 12.9. The van der Waals surface area contributed by atoms with E-state index in [1.165, 1.54) is 18.3 Å². The molecule has 3 rings (SSSR count). The minimum absolute atomic E-state index is 0.0955. The van der Waals surface area contributed by atoms with E-state index in [0.29, 0.717) is 13.0 Å². The number of nitrogens with zero attached hydrogens (tertiary/aromatic N) is 2. The SMILES string of the molecule is O=C(/C=C/c1ccc(N2CCCC2=O)cc1)NCCNc1ncccc1C(F)(F)F. The first-order chi connectivity index (χ1) is 14.3. The highest BCUT2D eigenvalue weighted by Crippen LogP contribution is 2.33. The van der Waals surface area contributed by atoms with Crippen molar-refractivity contribution >= 4 is 29.4 Å². The van der Waals surface area contributed by atoms with E-state index in [9.17, 15) is 22.8 Å². The molecule has 6 nitrogen and oxygen atoms in total. The van der Waals surface area contributed by atoms with E-state index in [1.807, 2.05) is 24.3 Å². The number of alkyl halides is 3. The number of benzene rings is 1. The zero-order valence-electron chi connectivity index (χ0n) is 16.1. The van der Waals surface area contributed by atoms with Gasteiger partial charge in [0.2, 0.25) is 11.8 Å². The van der Waals surface area contributed by atoms with Crippen molar-refractivity contribution in [3.63, 3.8) is 0 Å². The quantitative estimate of drug-likeness (QED) is 0.534. The first kappa shape index (κ1) is 21.4. The van der Waals surface area contributed by atoms with Crippen LogP contribution in [0.1, 0.15) is 24.0 Å². The van der Waals surface area contributed by atoms with Gasteiger partial charge in [-0.2, -0.15) is 13.2 Å². The van der Waals surface area contributed by atoms with Crippen molar-refractivity contribution < 1.29 is 22.8 Å². The maximum absolute atomic E-state index is 12.9. The van der Waals surface area contributed by atoms with Crippen LogP contribution in [0.3, 0.4) is 0 Å². The van der Waals surface area contributed by atoms with Crippen LogP contribution in [0.5, 0.6) is 0 Å². The summed E-state index contributed by atoms with van der Waals surface area (Å²) in [4.78, 5) is 29.1. The molecule has 2 N–H and O–H groups in total. The Labute approximate surface area is 171 Å². The van der Waals surface area contributed by atoms with E-state index < -0.39 is 11.7 Å². The number of hydrogen-bond donors (Lipinski definition) is 2. The highest BCUT2D eigenvalue weighted by Gasteiger charge is 2.33. The second-order valence-electron chi connectivity index (χ2n) is 6.69. The van der Waals surface area contributed by atoms with E-state index in [0.717, 1.165) is 23.7 Å². The summed E-state index contributed by atoms with van der Waals surface area (Å²) < 4.78 is 38.7. The Morgan fingerprint density at radius 1 is 1.17 bits per heavy atom. The minimum atomic E-state index is -4.50. The Morgan fingerprint density at radius 3 is 2.60 bits per heavy atom. The monoisotopic (exact) mass is 418 g/mol. The van der Waals surface area contributed by atoms with Gasteiger partial charge in [0.05, 0.1) is 5.56 Å². The molecule has 158 valence electrons. The van der Waals surface area contributed by atoms with Crippen LogP contribution < -0.4 is 15.5 Å². The smallest absolute Gasteiger partial charge is 0.368 e. The van der Waals surface area contributed by atoms with Crippen LogP contribution in [0.4, 0.5) is 24.7 Å². The van der Waals surface area contributed by atoms with Gasteiger partial charge in [0.1, 0.15) is 5.82 Å². The first-order valence-corrected chi connectivity index (χ1v) is 9.47. The summed E-state index contributed by atoms with van der Waals surface area (Å²) in [6, 6.07) is 9.45. The topological polar surface area (TPSA) is 74.3 Å². The molecule has 1 fully saturated rings. The van der Waals surface area contributed by atoms with E-state index >= 15 is 0 Å².